The van der Waals surface area contributed by atoms with E-state index in [0.29, 0.717) is 13.1 Å². The van der Waals surface area contributed by atoms with Crippen LogP contribution in [0.15, 0.2) is 23.2 Å². The normalized spacial score (nSPS) is 19.7. The zero-order valence-electron chi connectivity index (χ0n) is 17.2. The van der Waals surface area contributed by atoms with E-state index in [1.165, 1.54) is 11.1 Å². The Labute approximate surface area is 176 Å². The minimum Gasteiger partial charge on any atom is -0.353 e. The minimum atomic E-state index is -3.47. The van der Waals surface area contributed by atoms with Gasteiger partial charge in [0, 0.05) is 63.4 Å². The molecule has 2 aliphatic rings. The van der Waals surface area contributed by atoms with Gasteiger partial charge in [-0.25, -0.2) is 18.4 Å². The van der Waals surface area contributed by atoms with Crippen molar-refractivity contribution in [3.05, 3.63) is 28.9 Å². The molecule has 0 N–H and O–H groups in total. The Kier molecular flexibility index (Phi) is 5.78. The highest BCUT2D eigenvalue weighted by atomic mass is 32.2. The lowest BCUT2D eigenvalue weighted by Crippen LogP contribution is -2.47. The molecule has 4 rings (SSSR count). The zero-order valence-corrected chi connectivity index (χ0v) is 18.8. The summed E-state index contributed by atoms with van der Waals surface area (Å²) in [7, 11) is -1.46. The molecule has 4 heterocycles. The van der Waals surface area contributed by atoms with Crippen molar-refractivity contribution < 1.29 is 8.42 Å². The first-order valence-corrected chi connectivity index (χ1v) is 12.2. The molecule has 2 aromatic heterocycles. The van der Waals surface area contributed by atoms with Crippen molar-refractivity contribution in [1.82, 2.24) is 19.2 Å². The van der Waals surface area contributed by atoms with Crippen molar-refractivity contribution in [2.45, 2.75) is 18.7 Å². The van der Waals surface area contributed by atoms with Crippen LogP contribution in [-0.4, -0.2) is 87.0 Å². The molecular weight excluding hydrogens is 408 g/mol. The molecule has 0 saturated carbocycles. The number of sulfonamides is 1. The Morgan fingerprint density at radius 2 is 1.59 bits per heavy atom. The standard InChI is InChI=1S/C19H28N6O2S2/c1-15-16(2)28-19(21-15)24-10-8-23(9-11-24)18-5-4-17(14-20-18)29(26,27)25-12-6-22(3)7-13-25/h4-5,14H,6-13H2,1-3H3. The number of likely N-dealkylation sites (N-methyl/N-ethyl adjacent to an activating group) is 1. The maximum Gasteiger partial charge on any atom is 0.244 e. The fourth-order valence-electron chi connectivity index (χ4n) is 3.61. The van der Waals surface area contributed by atoms with Gasteiger partial charge in [0.05, 0.1) is 5.69 Å². The van der Waals surface area contributed by atoms with Crippen LogP contribution in [0.25, 0.3) is 0 Å². The van der Waals surface area contributed by atoms with Crippen LogP contribution in [0.1, 0.15) is 10.6 Å². The smallest absolute Gasteiger partial charge is 0.244 e. The molecule has 2 aliphatic heterocycles. The van der Waals surface area contributed by atoms with E-state index in [2.05, 4.69) is 31.6 Å². The first-order chi connectivity index (χ1) is 13.8. The summed E-state index contributed by atoms with van der Waals surface area (Å²) >= 11 is 1.74. The maximum atomic E-state index is 12.9. The number of aromatic nitrogens is 2. The first-order valence-electron chi connectivity index (χ1n) is 9.93. The van der Waals surface area contributed by atoms with E-state index in [4.69, 9.17) is 0 Å². The molecular formula is C19H28N6O2S2. The van der Waals surface area contributed by atoms with Gasteiger partial charge in [-0.2, -0.15) is 4.31 Å². The van der Waals surface area contributed by atoms with Gasteiger partial charge in [-0.05, 0) is 33.0 Å². The van der Waals surface area contributed by atoms with Crippen LogP contribution in [0.2, 0.25) is 0 Å². The van der Waals surface area contributed by atoms with Gasteiger partial charge < -0.3 is 14.7 Å². The molecule has 10 heteroatoms. The summed E-state index contributed by atoms with van der Waals surface area (Å²) in [5, 5.41) is 1.08. The monoisotopic (exact) mass is 436 g/mol. The first kappa shape index (κ1) is 20.5. The predicted octanol–water partition coefficient (Wildman–Crippen LogP) is 1.42. The van der Waals surface area contributed by atoms with Gasteiger partial charge in [0.2, 0.25) is 10.0 Å². The van der Waals surface area contributed by atoms with E-state index >= 15 is 0 Å². The van der Waals surface area contributed by atoms with Crippen molar-refractivity contribution in [3.8, 4) is 0 Å². The van der Waals surface area contributed by atoms with Crippen LogP contribution < -0.4 is 9.80 Å². The number of aryl methyl sites for hydroxylation is 2. The van der Waals surface area contributed by atoms with Crippen molar-refractivity contribution in [3.63, 3.8) is 0 Å². The molecule has 0 bridgehead atoms. The van der Waals surface area contributed by atoms with Crippen LogP contribution in [0, 0.1) is 13.8 Å². The molecule has 2 aromatic rings. The lowest BCUT2D eigenvalue weighted by atomic mass is 10.3. The average Bonchev–Trinajstić information content (AvgIpc) is 3.07. The van der Waals surface area contributed by atoms with Gasteiger partial charge in [0.25, 0.3) is 0 Å². The quantitative estimate of drug-likeness (QED) is 0.718. The van der Waals surface area contributed by atoms with E-state index in [9.17, 15) is 8.42 Å². The minimum absolute atomic E-state index is 0.276. The number of piperazine rings is 2. The van der Waals surface area contributed by atoms with E-state index < -0.39 is 10.0 Å². The molecule has 0 unspecified atom stereocenters. The second-order valence-electron chi connectivity index (χ2n) is 7.67. The summed E-state index contributed by atoms with van der Waals surface area (Å²) in [4.78, 5) is 17.3. The van der Waals surface area contributed by atoms with Crippen LogP contribution in [0.4, 0.5) is 10.9 Å². The largest absolute Gasteiger partial charge is 0.353 e. The number of rotatable bonds is 4. The van der Waals surface area contributed by atoms with E-state index in [-0.39, 0.29) is 4.90 Å². The molecule has 0 spiro atoms. The van der Waals surface area contributed by atoms with Crippen LogP contribution >= 0.6 is 11.3 Å². The highest BCUT2D eigenvalue weighted by Gasteiger charge is 2.28. The van der Waals surface area contributed by atoms with Gasteiger partial charge in [-0.1, -0.05) is 0 Å². The fourth-order valence-corrected chi connectivity index (χ4v) is 5.94. The molecule has 0 aliphatic carbocycles. The van der Waals surface area contributed by atoms with Gasteiger partial charge >= 0.3 is 0 Å². The molecule has 0 amide bonds. The Morgan fingerprint density at radius 3 is 2.14 bits per heavy atom. The Morgan fingerprint density at radius 1 is 0.931 bits per heavy atom. The third-order valence-electron chi connectivity index (χ3n) is 5.71. The number of nitrogens with zero attached hydrogens (tertiary/aromatic N) is 6. The zero-order chi connectivity index (χ0) is 20.6. The Hall–Kier alpha value is -1.75. The highest BCUT2D eigenvalue weighted by molar-refractivity contribution is 7.89. The molecule has 158 valence electrons. The van der Waals surface area contributed by atoms with Crippen LogP contribution in [0.5, 0.6) is 0 Å². The number of hydrogen-bond acceptors (Lipinski definition) is 8. The van der Waals surface area contributed by atoms with Gasteiger partial charge in [0.1, 0.15) is 10.7 Å². The average molecular weight is 437 g/mol. The van der Waals surface area contributed by atoms with Crippen molar-refractivity contribution >= 4 is 32.3 Å². The molecule has 0 atom stereocenters. The summed E-state index contributed by atoms with van der Waals surface area (Å²) in [5.41, 5.74) is 1.10. The number of pyridine rings is 1. The maximum absolute atomic E-state index is 12.9. The third-order valence-corrected chi connectivity index (χ3v) is 8.73. The number of anilines is 2. The van der Waals surface area contributed by atoms with Crippen molar-refractivity contribution in [1.29, 1.82) is 0 Å². The third kappa shape index (κ3) is 4.25. The summed E-state index contributed by atoms with van der Waals surface area (Å²) in [6.45, 7) is 10.2. The van der Waals surface area contributed by atoms with Gasteiger partial charge in [-0.3, -0.25) is 0 Å². The number of thiazole rings is 1. The molecule has 29 heavy (non-hydrogen) atoms. The molecule has 2 saturated heterocycles. The second-order valence-corrected chi connectivity index (χ2v) is 10.8. The second kappa shape index (κ2) is 8.17. The van der Waals surface area contributed by atoms with Crippen LogP contribution in [-0.2, 0) is 10.0 Å². The molecule has 0 aromatic carbocycles. The van der Waals surface area contributed by atoms with Gasteiger partial charge in [0.15, 0.2) is 5.13 Å². The van der Waals surface area contributed by atoms with Crippen LogP contribution in [0.3, 0.4) is 0 Å². The van der Waals surface area contributed by atoms with Crippen molar-refractivity contribution in [2.24, 2.45) is 0 Å². The Bertz CT molecular complexity index is 924. The van der Waals surface area contributed by atoms with Gasteiger partial charge in [-0.15, -0.1) is 11.3 Å². The van der Waals surface area contributed by atoms with E-state index in [0.717, 1.165) is 55.9 Å². The Balaban J connectivity index is 1.39. The lowest BCUT2D eigenvalue weighted by molar-refractivity contribution is 0.222. The summed E-state index contributed by atoms with van der Waals surface area (Å²) < 4.78 is 27.3. The van der Waals surface area contributed by atoms with Crippen molar-refractivity contribution in [2.75, 3.05) is 69.2 Å². The summed E-state index contributed by atoms with van der Waals surface area (Å²) in [6.07, 6.45) is 1.50. The van der Waals surface area contributed by atoms with E-state index in [1.54, 1.807) is 21.7 Å². The molecule has 8 nitrogen and oxygen atoms in total. The molecule has 0 radical (unpaired) electrons. The SMILES string of the molecule is Cc1nc(N2CCN(c3ccc(S(=O)(=O)N4CCN(C)CC4)cn3)CC2)sc1C. The topological polar surface area (TPSA) is 72.9 Å². The lowest BCUT2D eigenvalue weighted by Gasteiger charge is -2.35. The summed E-state index contributed by atoms with van der Waals surface area (Å²) in [5.74, 6) is 0.827. The highest BCUT2D eigenvalue weighted by Crippen LogP contribution is 2.27. The predicted molar refractivity (Wildman–Crippen MR) is 117 cm³/mol. The van der Waals surface area contributed by atoms with E-state index in [1.807, 2.05) is 20.0 Å². The fraction of sp³-hybridized carbons (Fsp3) is 0.579. The number of hydrogen-bond donors (Lipinski definition) is 0. The summed E-state index contributed by atoms with van der Waals surface area (Å²) in [6, 6.07) is 3.52. The molecule has 2 fully saturated rings.